The number of benzene rings is 8. The molecule has 292 valence electrons. The van der Waals surface area contributed by atoms with Crippen LogP contribution in [0.15, 0.2) is 167 Å². The maximum atomic E-state index is 13.8. The Labute approximate surface area is 349 Å². The number of cyclic esters (lactones) is 4. The number of fused-ring (bicyclic) bond motifs is 4. The molecule has 0 atom stereocenters. The average Bonchev–Trinajstić information content (AvgIpc) is 3.30. The zero-order chi connectivity index (χ0) is 42.0. The molecule has 0 radical (unpaired) electrons. The third kappa shape index (κ3) is 4.85. The van der Waals surface area contributed by atoms with E-state index < -0.39 is 23.9 Å². The Morgan fingerprint density at radius 3 is 0.952 bits per heavy atom. The second kappa shape index (κ2) is 12.9. The zero-order valence-electron chi connectivity index (χ0n) is 32.2. The van der Waals surface area contributed by atoms with Crippen molar-refractivity contribution >= 4 is 78.3 Å². The smallest absolute Gasteiger partial charge is 0.347 e. The first-order valence-electron chi connectivity index (χ1n) is 19.7. The maximum Gasteiger partial charge on any atom is 0.347 e. The standard InChI is InChI=1S/C52H26N2O8/c55-47-31-9-1-5-13-39(31)53(40-14-6-2-10-32(40)47)29-21-17-27(18-22-29)35-25-37-44-43-38(50(58)61-51(59)45(35)43)26-36(46(44)52(60)62-49(37)57)28-19-23-30(24-20-28)54-41-15-7-3-11-33(41)48(56)34-12-4-8-16-42(34)54/h1-26H. The summed E-state index contributed by atoms with van der Waals surface area (Å²) in [5.74, 6) is -3.67. The van der Waals surface area contributed by atoms with Gasteiger partial charge in [0, 0.05) is 43.7 Å². The molecule has 2 aromatic heterocycles. The molecule has 62 heavy (non-hydrogen) atoms. The van der Waals surface area contributed by atoms with E-state index >= 15 is 0 Å². The third-order valence-corrected chi connectivity index (χ3v) is 12.1. The summed E-state index contributed by atoms with van der Waals surface area (Å²) in [6, 6.07) is 47.0. The van der Waals surface area contributed by atoms with Gasteiger partial charge in [0.1, 0.15) is 0 Å². The van der Waals surface area contributed by atoms with Crippen molar-refractivity contribution in [3.63, 3.8) is 0 Å². The van der Waals surface area contributed by atoms with E-state index in [-0.39, 0.29) is 43.9 Å². The van der Waals surface area contributed by atoms with E-state index in [1.165, 1.54) is 12.1 Å². The number of ether oxygens (including phenoxy) is 2. The molecule has 10 heteroatoms. The first-order valence-corrected chi connectivity index (χ1v) is 19.7. The number of aromatic nitrogens is 2. The lowest BCUT2D eigenvalue weighted by Crippen LogP contribution is -2.26. The Morgan fingerprint density at radius 1 is 0.323 bits per heavy atom. The second-order valence-electron chi connectivity index (χ2n) is 15.3. The van der Waals surface area contributed by atoms with Crippen LogP contribution in [0.4, 0.5) is 0 Å². The quantitative estimate of drug-likeness (QED) is 0.0977. The third-order valence-electron chi connectivity index (χ3n) is 12.1. The molecule has 10 aromatic rings. The summed E-state index contributed by atoms with van der Waals surface area (Å²) in [6.07, 6.45) is 0. The molecule has 2 aliphatic rings. The first-order chi connectivity index (χ1) is 30.3. The average molecular weight is 807 g/mol. The van der Waals surface area contributed by atoms with Crippen LogP contribution in [-0.4, -0.2) is 33.0 Å². The van der Waals surface area contributed by atoms with Crippen LogP contribution >= 0.6 is 0 Å². The van der Waals surface area contributed by atoms with Crippen LogP contribution in [0.2, 0.25) is 0 Å². The molecular weight excluding hydrogens is 781 g/mol. The van der Waals surface area contributed by atoms with Gasteiger partial charge < -0.3 is 18.6 Å². The van der Waals surface area contributed by atoms with Crippen LogP contribution < -0.4 is 10.9 Å². The van der Waals surface area contributed by atoms with Crippen molar-refractivity contribution in [3.05, 3.63) is 200 Å². The lowest BCUT2D eigenvalue weighted by molar-refractivity contribution is 0.0366. The van der Waals surface area contributed by atoms with Crippen molar-refractivity contribution in [2.75, 3.05) is 0 Å². The van der Waals surface area contributed by atoms with Gasteiger partial charge in [0.05, 0.1) is 44.3 Å². The second-order valence-corrected chi connectivity index (χ2v) is 15.3. The van der Waals surface area contributed by atoms with E-state index in [2.05, 4.69) is 0 Å². The fraction of sp³-hybridized carbons (Fsp3) is 0. The SMILES string of the molecule is O=C1OC(=O)c2c(-c3ccc(-n4c5ccccc5c(=O)c5ccccc54)cc3)cc3c4c(c(-c5ccc(-n6c7ccccc7c(=O)c7ccccc76)cc5)cc1c24)C(=O)OC3=O. The molecule has 0 unspecified atom stereocenters. The van der Waals surface area contributed by atoms with Gasteiger partial charge in [-0.3, -0.25) is 9.59 Å². The fourth-order valence-electron chi connectivity index (χ4n) is 9.35. The number of para-hydroxylation sites is 4. The van der Waals surface area contributed by atoms with E-state index in [0.717, 1.165) is 11.4 Å². The molecule has 0 amide bonds. The molecule has 12 rings (SSSR count). The Morgan fingerprint density at radius 2 is 0.629 bits per heavy atom. The van der Waals surface area contributed by atoms with Gasteiger partial charge in [0.25, 0.3) is 0 Å². The highest BCUT2D eigenvalue weighted by atomic mass is 16.6. The number of hydrogen-bond acceptors (Lipinski definition) is 8. The Hall–Kier alpha value is -8.76. The topological polar surface area (TPSA) is 131 Å². The van der Waals surface area contributed by atoms with Crippen LogP contribution in [0.5, 0.6) is 0 Å². The lowest BCUT2D eigenvalue weighted by atomic mass is 9.81. The molecule has 0 spiro atoms. The van der Waals surface area contributed by atoms with E-state index in [9.17, 15) is 28.8 Å². The van der Waals surface area contributed by atoms with Crippen molar-refractivity contribution in [1.29, 1.82) is 0 Å². The molecule has 0 bridgehead atoms. The van der Waals surface area contributed by atoms with E-state index in [1.54, 1.807) is 48.5 Å². The summed E-state index contributed by atoms with van der Waals surface area (Å²) in [4.78, 5) is 81.8. The number of pyridine rings is 2. The Balaban J connectivity index is 1.04. The van der Waals surface area contributed by atoms with Crippen LogP contribution in [-0.2, 0) is 9.47 Å². The summed E-state index contributed by atoms with van der Waals surface area (Å²) in [5.41, 5.74) is 5.96. The first kappa shape index (κ1) is 35.2. The molecule has 0 N–H and O–H groups in total. The molecule has 8 aromatic carbocycles. The van der Waals surface area contributed by atoms with Gasteiger partial charge >= 0.3 is 23.9 Å². The molecule has 10 nitrogen and oxygen atoms in total. The molecule has 0 aliphatic carbocycles. The zero-order valence-corrected chi connectivity index (χ0v) is 32.2. The maximum absolute atomic E-state index is 13.8. The molecule has 0 saturated carbocycles. The van der Waals surface area contributed by atoms with E-state index in [1.807, 2.05) is 106 Å². The minimum absolute atomic E-state index is 0.0169. The Kier molecular flexibility index (Phi) is 7.31. The molecular formula is C52H26N2O8. The lowest BCUT2D eigenvalue weighted by Gasteiger charge is -2.26. The summed E-state index contributed by atoms with van der Waals surface area (Å²) >= 11 is 0. The number of hydrogen-bond donors (Lipinski definition) is 0. The largest absolute Gasteiger partial charge is 0.386 e. The molecule has 2 aliphatic heterocycles. The van der Waals surface area contributed by atoms with Crippen molar-refractivity contribution in [3.8, 4) is 33.6 Å². The van der Waals surface area contributed by atoms with Gasteiger partial charge in [-0.05, 0) is 107 Å². The van der Waals surface area contributed by atoms with Gasteiger partial charge in [-0.25, -0.2) is 19.2 Å². The minimum Gasteiger partial charge on any atom is -0.386 e. The highest BCUT2D eigenvalue weighted by Crippen LogP contribution is 2.45. The van der Waals surface area contributed by atoms with Gasteiger partial charge in [-0.1, -0.05) is 72.8 Å². The summed E-state index contributed by atoms with van der Waals surface area (Å²) in [5, 5.41) is 2.50. The predicted octanol–water partition coefficient (Wildman–Crippen LogP) is 9.71. The van der Waals surface area contributed by atoms with Crippen LogP contribution in [0.3, 0.4) is 0 Å². The molecule has 0 saturated heterocycles. The number of carbonyl (C=O) groups is 4. The number of nitrogens with zero attached hydrogens (tertiary/aromatic N) is 2. The van der Waals surface area contributed by atoms with Gasteiger partial charge in [0.15, 0.2) is 10.9 Å². The highest BCUT2D eigenvalue weighted by Gasteiger charge is 2.39. The molecule has 0 fully saturated rings. The van der Waals surface area contributed by atoms with E-state index in [4.69, 9.17) is 9.47 Å². The minimum atomic E-state index is -0.917. The van der Waals surface area contributed by atoms with Crippen LogP contribution in [0, 0.1) is 0 Å². The number of rotatable bonds is 4. The van der Waals surface area contributed by atoms with E-state index in [0.29, 0.717) is 65.9 Å². The monoisotopic (exact) mass is 806 g/mol. The summed E-state index contributed by atoms with van der Waals surface area (Å²) in [7, 11) is 0. The Bertz CT molecular complexity index is 3490. The van der Waals surface area contributed by atoms with Gasteiger partial charge in [-0.15, -0.1) is 0 Å². The fourth-order valence-corrected chi connectivity index (χ4v) is 9.35. The predicted molar refractivity (Wildman–Crippen MR) is 236 cm³/mol. The number of carbonyl (C=O) groups excluding carboxylic acids is 4. The summed E-state index contributed by atoms with van der Waals surface area (Å²) < 4.78 is 14.7. The highest BCUT2D eigenvalue weighted by molar-refractivity contribution is 6.32. The van der Waals surface area contributed by atoms with Crippen LogP contribution in [0.25, 0.3) is 88.0 Å². The van der Waals surface area contributed by atoms with Gasteiger partial charge in [-0.2, -0.15) is 0 Å². The van der Waals surface area contributed by atoms with Gasteiger partial charge in [0.2, 0.25) is 0 Å². The number of esters is 4. The van der Waals surface area contributed by atoms with Crippen molar-refractivity contribution in [2.24, 2.45) is 0 Å². The normalized spacial score (nSPS) is 13.4. The summed E-state index contributed by atoms with van der Waals surface area (Å²) in [6.45, 7) is 0. The van der Waals surface area contributed by atoms with Crippen molar-refractivity contribution in [2.45, 2.75) is 0 Å². The van der Waals surface area contributed by atoms with Crippen molar-refractivity contribution in [1.82, 2.24) is 9.13 Å². The van der Waals surface area contributed by atoms with Crippen LogP contribution in [0.1, 0.15) is 41.4 Å². The molecule has 4 heterocycles. The van der Waals surface area contributed by atoms with Crippen molar-refractivity contribution < 1.29 is 28.7 Å².